The molecule has 0 amide bonds. The molecule has 1 aromatic carbocycles. The molecule has 0 spiro atoms. The largest absolute Gasteiger partial charge is 0.384 e. The fourth-order valence-electron chi connectivity index (χ4n) is 4.32. The predicted molar refractivity (Wildman–Crippen MR) is 82.4 cm³/mol. The first-order chi connectivity index (χ1) is 9.56. The molecule has 110 valence electrons. The van der Waals surface area contributed by atoms with Crippen LogP contribution >= 0.6 is 0 Å². The van der Waals surface area contributed by atoms with Crippen LogP contribution in [0.5, 0.6) is 0 Å². The smallest absolute Gasteiger partial charge is 0.0992 e. The van der Waals surface area contributed by atoms with E-state index in [0.29, 0.717) is 12.6 Å². The summed E-state index contributed by atoms with van der Waals surface area (Å²) in [5, 5.41) is 14.2. The van der Waals surface area contributed by atoms with Crippen LogP contribution < -0.4 is 5.32 Å². The fourth-order valence-corrected chi connectivity index (χ4v) is 4.32. The van der Waals surface area contributed by atoms with E-state index in [0.717, 1.165) is 23.3 Å². The number of fused-ring (bicyclic) bond motifs is 2. The SMILES string of the molecule is CC(NCC(C)(O)c1ccccc1)C1CC2CCC1C2. The molecule has 2 aliphatic carbocycles. The van der Waals surface area contributed by atoms with Gasteiger partial charge >= 0.3 is 0 Å². The molecule has 2 saturated carbocycles. The molecule has 5 unspecified atom stereocenters. The Bertz CT molecular complexity index is 442. The second kappa shape index (κ2) is 5.50. The van der Waals surface area contributed by atoms with E-state index in [-0.39, 0.29) is 0 Å². The molecule has 1 aromatic rings. The maximum absolute atomic E-state index is 10.6. The maximum atomic E-state index is 10.6. The second-order valence-electron chi connectivity index (χ2n) is 7.15. The van der Waals surface area contributed by atoms with E-state index >= 15 is 0 Å². The van der Waals surface area contributed by atoms with Crippen molar-refractivity contribution in [2.45, 2.75) is 51.2 Å². The molecule has 0 aromatic heterocycles. The first-order valence-corrected chi connectivity index (χ1v) is 8.07. The number of hydrogen-bond donors (Lipinski definition) is 2. The zero-order valence-corrected chi connectivity index (χ0v) is 12.7. The van der Waals surface area contributed by atoms with Crippen molar-refractivity contribution in [3.63, 3.8) is 0 Å². The van der Waals surface area contributed by atoms with Gasteiger partial charge in [0.05, 0.1) is 5.60 Å². The third-order valence-electron chi connectivity index (χ3n) is 5.60. The van der Waals surface area contributed by atoms with Gasteiger partial charge in [-0.15, -0.1) is 0 Å². The van der Waals surface area contributed by atoms with E-state index in [1.807, 2.05) is 37.3 Å². The number of hydrogen-bond acceptors (Lipinski definition) is 2. The number of nitrogens with one attached hydrogen (secondary N) is 1. The lowest BCUT2D eigenvalue weighted by atomic mass is 9.83. The Morgan fingerprint density at radius 2 is 2.00 bits per heavy atom. The summed E-state index contributed by atoms with van der Waals surface area (Å²) in [7, 11) is 0. The summed E-state index contributed by atoms with van der Waals surface area (Å²) in [5.74, 6) is 2.74. The minimum Gasteiger partial charge on any atom is -0.384 e. The summed E-state index contributed by atoms with van der Waals surface area (Å²) in [6, 6.07) is 10.5. The van der Waals surface area contributed by atoms with E-state index in [1.54, 1.807) is 0 Å². The summed E-state index contributed by atoms with van der Waals surface area (Å²) in [4.78, 5) is 0. The van der Waals surface area contributed by atoms with Gasteiger partial charge in [0.2, 0.25) is 0 Å². The van der Waals surface area contributed by atoms with E-state index in [1.165, 1.54) is 25.7 Å². The highest BCUT2D eigenvalue weighted by atomic mass is 16.3. The summed E-state index contributed by atoms with van der Waals surface area (Å²) in [5.41, 5.74) is 0.209. The lowest BCUT2D eigenvalue weighted by molar-refractivity contribution is 0.0503. The molecule has 2 N–H and O–H groups in total. The second-order valence-corrected chi connectivity index (χ2v) is 7.15. The molecule has 20 heavy (non-hydrogen) atoms. The third kappa shape index (κ3) is 2.77. The van der Waals surface area contributed by atoms with Crippen molar-refractivity contribution in [2.75, 3.05) is 6.54 Å². The first-order valence-electron chi connectivity index (χ1n) is 8.07. The third-order valence-corrected chi connectivity index (χ3v) is 5.60. The number of benzene rings is 1. The predicted octanol–water partition coefficient (Wildman–Crippen LogP) is 3.31. The topological polar surface area (TPSA) is 32.3 Å². The van der Waals surface area contributed by atoms with Crippen molar-refractivity contribution in [1.82, 2.24) is 5.32 Å². The van der Waals surface area contributed by atoms with Gasteiger partial charge in [0.1, 0.15) is 0 Å². The Hall–Kier alpha value is -0.860. The van der Waals surface area contributed by atoms with Crippen molar-refractivity contribution >= 4 is 0 Å². The lowest BCUT2D eigenvalue weighted by Gasteiger charge is -2.32. The average Bonchev–Trinajstić information content (AvgIpc) is 3.08. The average molecular weight is 273 g/mol. The van der Waals surface area contributed by atoms with Crippen LogP contribution in [0.4, 0.5) is 0 Å². The van der Waals surface area contributed by atoms with Crippen molar-refractivity contribution in [2.24, 2.45) is 17.8 Å². The molecule has 5 atom stereocenters. The Morgan fingerprint density at radius 1 is 1.25 bits per heavy atom. The Kier molecular flexibility index (Phi) is 3.87. The van der Waals surface area contributed by atoms with Gasteiger partial charge in [0, 0.05) is 12.6 Å². The molecule has 2 heteroatoms. The zero-order chi connectivity index (χ0) is 14.2. The van der Waals surface area contributed by atoms with Crippen LogP contribution in [0, 0.1) is 17.8 Å². The molecule has 2 aliphatic rings. The summed E-state index contributed by atoms with van der Waals surface area (Å²) < 4.78 is 0. The van der Waals surface area contributed by atoms with Crippen LogP contribution in [0.15, 0.2) is 30.3 Å². The van der Waals surface area contributed by atoms with Gasteiger partial charge in [-0.25, -0.2) is 0 Å². The van der Waals surface area contributed by atoms with Crippen LogP contribution in [0.1, 0.15) is 45.1 Å². The molecule has 0 radical (unpaired) electrons. The molecular formula is C18H27NO. The van der Waals surface area contributed by atoms with Crippen molar-refractivity contribution in [3.05, 3.63) is 35.9 Å². The van der Waals surface area contributed by atoms with Gasteiger partial charge in [-0.05, 0) is 56.4 Å². The lowest BCUT2D eigenvalue weighted by Crippen LogP contribution is -2.43. The monoisotopic (exact) mass is 273 g/mol. The number of rotatable bonds is 5. The molecule has 2 bridgehead atoms. The Labute approximate surface area is 122 Å². The molecule has 0 heterocycles. The summed E-state index contributed by atoms with van der Waals surface area (Å²) in [6.45, 7) is 4.83. The van der Waals surface area contributed by atoms with Crippen molar-refractivity contribution in [3.8, 4) is 0 Å². The quantitative estimate of drug-likeness (QED) is 0.862. The fraction of sp³-hybridized carbons (Fsp3) is 0.667. The van der Waals surface area contributed by atoms with Crippen LogP contribution in [0.3, 0.4) is 0 Å². The van der Waals surface area contributed by atoms with E-state index in [2.05, 4.69) is 12.2 Å². The summed E-state index contributed by atoms with van der Waals surface area (Å²) in [6.07, 6.45) is 5.73. The van der Waals surface area contributed by atoms with Gasteiger partial charge < -0.3 is 10.4 Å². The van der Waals surface area contributed by atoms with Gasteiger partial charge in [0.25, 0.3) is 0 Å². The van der Waals surface area contributed by atoms with Gasteiger partial charge in [-0.3, -0.25) is 0 Å². The van der Waals surface area contributed by atoms with Gasteiger partial charge in [0.15, 0.2) is 0 Å². The van der Waals surface area contributed by atoms with Crippen LogP contribution in [-0.4, -0.2) is 17.7 Å². The van der Waals surface area contributed by atoms with E-state index < -0.39 is 5.60 Å². The molecule has 0 saturated heterocycles. The number of aliphatic hydroxyl groups is 1. The maximum Gasteiger partial charge on any atom is 0.0992 e. The molecule has 2 nitrogen and oxygen atoms in total. The molecule has 3 rings (SSSR count). The zero-order valence-electron chi connectivity index (χ0n) is 12.7. The molecule has 0 aliphatic heterocycles. The van der Waals surface area contributed by atoms with Crippen LogP contribution in [-0.2, 0) is 5.60 Å². The van der Waals surface area contributed by atoms with Crippen LogP contribution in [0.2, 0.25) is 0 Å². The van der Waals surface area contributed by atoms with Crippen LogP contribution in [0.25, 0.3) is 0 Å². The van der Waals surface area contributed by atoms with Crippen molar-refractivity contribution in [1.29, 1.82) is 0 Å². The minimum absolute atomic E-state index is 0.514. The highest BCUT2D eigenvalue weighted by molar-refractivity contribution is 5.21. The van der Waals surface area contributed by atoms with Gasteiger partial charge in [-0.1, -0.05) is 36.8 Å². The highest BCUT2D eigenvalue weighted by Gasteiger charge is 2.42. The summed E-state index contributed by atoms with van der Waals surface area (Å²) >= 11 is 0. The van der Waals surface area contributed by atoms with Gasteiger partial charge in [-0.2, -0.15) is 0 Å². The Balaban J connectivity index is 1.56. The highest BCUT2D eigenvalue weighted by Crippen LogP contribution is 2.49. The normalized spacial score (nSPS) is 33.0. The first kappa shape index (κ1) is 14.1. The van der Waals surface area contributed by atoms with Crippen molar-refractivity contribution < 1.29 is 5.11 Å². The van der Waals surface area contributed by atoms with E-state index in [4.69, 9.17) is 0 Å². The Morgan fingerprint density at radius 3 is 2.60 bits per heavy atom. The van der Waals surface area contributed by atoms with E-state index in [9.17, 15) is 5.11 Å². The molecular weight excluding hydrogens is 246 g/mol. The standard InChI is InChI=1S/C18H27NO/c1-13(17-11-14-8-9-15(17)10-14)19-12-18(2,20)16-6-4-3-5-7-16/h3-7,13-15,17,19-20H,8-12H2,1-2H3. The molecule has 2 fully saturated rings. The minimum atomic E-state index is -0.785.